The third-order valence-corrected chi connectivity index (χ3v) is 8.29. The standard InChI is InChI=1S/C33H28FN7O5S/c1-20-14-16-36-33(39-20)45-27-13-12-24(18-26(27)34)41-30(21(2)29-31(41)32(35)38-19-37-29)22-8-10-23(11-9-22)40-28(42)15-17-47(43,44)46-25-6-4-3-5-7-25/h3-14,16,18-19H,15,17H2,1-2H3,(H,40,42)(H2,35,37,38). The Kier molecular flexibility index (Phi) is 8.50. The normalized spacial score (nSPS) is 11.4. The van der Waals surface area contributed by atoms with Gasteiger partial charge in [0.25, 0.3) is 0 Å². The van der Waals surface area contributed by atoms with Crippen molar-refractivity contribution < 1.29 is 26.5 Å². The van der Waals surface area contributed by atoms with Crippen LogP contribution in [-0.4, -0.2) is 44.6 Å². The van der Waals surface area contributed by atoms with Crippen LogP contribution in [0.15, 0.2) is 91.4 Å². The summed E-state index contributed by atoms with van der Waals surface area (Å²) in [6.07, 6.45) is 2.59. The summed E-state index contributed by atoms with van der Waals surface area (Å²) in [5, 5.41) is 2.71. The van der Waals surface area contributed by atoms with Crippen LogP contribution in [0.2, 0.25) is 0 Å². The number of fused-ring (bicyclic) bond motifs is 1. The van der Waals surface area contributed by atoms with Gasteiger partial charge in [0.05, 0.1) is 17.0 Å². The first-order chi connectivity index (χ1) is 22.6. The van der Waals surface area contributed by atoms with Crippen LogP contribution in [0.1, 0.15) is 17.7 Å². The van der Waals surface area contributed by atoms with Crippen LogP contribution in [0.25, 0.3) is 28.0 Å². The van der Waals surface area contributed by atoms with Gasteiger partial charge in [0.2, 0.25) is 5.91 Å². The Bertz CT molecular complexity index is 2210. The number of hydrogen-bond donors (Lipinski definition) is 2. The molecule has 0 radical (unpaired) electrons. The van der Waals surface area contributed by atoms with Crippen molar-refractivity contribution in [3.8, 4) is 34.5 Å². The molecule has 0 saturated heterocycles. The van der Waals surface area contributed by atoms with Crippen molar-refractivity contribution in [2.75, 3.05) is 16.8 Å². The lowest BCUT2D eigenvalue weighted by molar-refractivity contribution is -0.115. The van der Waals surface area contributed by atoms with Gasteiger partial charge in [-0.05, 0) is 61.9 Å². The van der Waals surface area contributed by atoms with Gasteiger partial charge in [0.1, 0.15) is 17.6 Å². The van der Waals surface area contributed by atoms with Crippen molar-refractivity contribution in [3.05, 3.63) is 108 Å². The summed E-state index contributed by atoms with van der Waals surface area (Å²) in [5.74, 6) is -1.33. The fourth-order valence-electron chi connectivity index (χ4n) is 4.98. The Balaban J connectivity index is 1.25. The second kappa shape index (κ2) is 12.8. The number of nitrogen functional groups attached to an aromatic ring is 1. The fraction of sp³-hybridized carbons (Fsp3) is 0.121. The molecule has 3 N–H and O–H groups in total. The van der Waals surface area contributed by atoms with Crippen LogP contribution in [-0.2, 0) is 14.9 Å². The molecular formula is C33H28FN7O5S. The number of aromatic nitrogens is 5. The zero-order chi connectivity index (χ0) is 33.1. The van der Waals surface area contributed by atoms with Crippen molar-refractivity contribution in [1.29, 1.82) is 0 Å². The Morgan fingerprint density at radius 2 is 1.74 bits per heavy atom. The summed E-state index contributed by atoms with van der Waals surface area (Å²) >= 11 is 0. The molecule has 0 fully saturated rings. The number of hydrogen-bond acceptors (Lipinski definition) is 10. The van der Waals surface area contributed by atoms with E-state index in [0.717, 1.165) is 5.56 Å². The van der Waals surface area contributed by atoms with Crippen LogP contribution < -0.4 is 20.0 Å². The van der Waals surface area contributed by atoms with Gasteiger partial charge in [-0.1, -0.05) is 30.3 Å². The summed E-state index contributed by atoms with van der Waals surface area (Å²) in [6, 6.07) is 21.2. The van der Waals surface area contributed by atoms with Gasteiger partial charge >= 0.3 is 16.1 Å². The van der Waals surface area contributed by atoms with E-state index in [9.17, 15) is 13.2 Å². The maximum atomic E-state index is 15.4. The summed E-state index contributed by atoms with van der Waals surface area (Å²) in [6.45, 7) is 3.65. The van der Waals surface area contributed by atoms with Crippen LogP contribution in [0.3, 0.4) is 0 Å². The molecule has 0 bridgehead atoms. The molecule has 6 aromatic rings. The van der Waals surface area contributed by atoms with Crippen LogP contribution in [0.4, 0.5) is 15.9 Å². The maximum Gasteiger partial charge on any atom is 0.322 e. The molecule has 0 saturated carbocycles. The molecule has 47 heavy (non-hydrogen) atoms. The highest BCUT2D eigenvalue weighted by Crippen LogP contribution is 2.38. The topological polar surface area (TPSA) is 164 Å². The molecule has 0 atom stereocenters. The Morgan fingerprint density at radius 1 is 0.979 bits per heavy atom. The number of nitrogens with zero attached hydrogens (tertiary/aromatic N) is 5. The predicted octanol–water partition coefficient (Wildman–Crippen LogP) is 5.75. The minimum Gasteiger partial charge on any atom is -0.421 e. The third kappa shape index (κ3) is 6.87. The highest BCUT2D eigenvalue weighted by Gasteiger charge is 2.22. The molecular weight excluding hydrogens is 625 g/mol. The molecule has 0 aliphatic rings. The second-order valence-electron chi connectivity index (χ2n) is 10.5. The van der Waals surface area contributed by atoms with Crippen molar-refractivity contribution in [2.45, 2.75) is 20.3 Å². The zero-order valence-electron chi connectivity index (χ0n) is 25.2. The van der Waals surface area contributed by atoms with E-state index in [1.165, 1.54) is 36.8 Å². The number of aryl methyl sites for hydroxylation is 2. The molecule has 1 amide bonds. The van der Waals surface area contributed by atoms with E-state index in [-0.39, 0.29) is 29.7 Å². The van der Waals surface area contributed by atoms with Crippen molar-refractivity contribution >= 4 is 38.6 Å². The van der Waals surface area contributed by atoms with E-state index in [1.54, 1.807) is 66.1 Å². The Morgan fingerprint density at radius 3 is 2.47 bits per heavy atom. The van der Waals surface area contributed by atoms with Gasteiger partial charge in [-0.25, -0.2) is 24.3 Å². The smallest absolute Gasteiger partial charge is 0.322 e. The van der Waals surface area contributed by atoms with Crippen molar-refractivity contribution in [1.82, 2.24) is 24.5 Å². The lowest BCUT2D eigenvalue weighted by atomic mass is 10.1. The summed E-state index contributed by atoms with van der Waals surface area (Å²) in [5.41, 5.74) is 11.1. The van der Waals surface area contributed by atoms with E-state index in [4.69, 9.17) is 14.7 Å². The maximum absolute atomic E-state index is 15.4. The van der Waals surface area contributed by atoms with Gasteiger partial charge in [0.15, 0.2) is 17.4 Å². The van der Waals surface area contributed by atoms with Crippen LogP contribution in [0.5, 0.6) is 17.5 Å². The van der Waals surface area contributed by atoms with Gasteiger partial charge in [0, 0.05) is 41.3 Å². The molecule has 14 heteroatoms. The number of ether oxygens (including phenoxy) is 1. The van der Waals surface area contributed by atoms with Gasteiger partial charge in [-0.3, -0.25) is 4.79 Å². The number of nitrogens with one attached hydrogen (secondary N) is 1. The number of nitrogens with two attached hydrogens (primary N) is 1. The van der Waals surface area contributed by atoms with E-state index in [1.807, 2.05) is 6.92 Å². The van der Waals surface area contributed by atoms with Crippen molar-refractivity contribution in [2.24, 2.45) is 0 Å². The molecule has 0 aliphatic heterocycles. The molecule has 0 spiro atoms. The van der Waals surface area contributed by atoms with E-state index in [2.05, 4.69) is 25.3 Å². The number of amides is 1. The number of anilines is 2. The first kappa shape index (κ1) is 31.1. The quantitative estimate of drug-likeness (QED) is 0.174. The zero-order valence-corrected chi connectivity index (χ0v) is 26.0. The molecule has 3 aromatic heterocycles. The lowest BCUT2D eigenvalue weighted by Crippen LogP contribution is -2.20. The number of carbonyl (C=O) groups is 1. The number of halogens is 1. The van der Waals surface area contributed by atoms with E-state index >= 15 is 4.39 Å². The average molecular weight is 654 g/mol. The highest BCUT2D eigenvalue weighted by atomic mass is 32.2. The first-order valence-electron chi connectivity index (χ1n) is 14.3. The van der Waals surface area contributed by atoms with Crippen LogP contribution in [0, 0.1) is 19.7 Å². The molecule has 0 unspecified atom stereocenters. The third-order valence-electron chi connectivity index (χ3n) is 7.14. The van der Waals surface area contributed by atoms with Crippen molar-refractivity contribution in [3.63, 3.8) is 0 Å². The summed E-state index contributed by atoms with van der Waals surface area (Å²) in [7, 11) is -3.97. The minimum atomic E-state index is -3.97. The SMILES string of the molecule is Cc1ccnc(Oc2ccc(-n3c(-c4ccc(NC(=O)CCS(=O)(=O)Oc5ccccc5)cc4)c(C)c4ncnc(N)c43)cc2F)n1. The molecule has 12 nitrogen and oxygen atoms in total. The lowest BCUT2D eigenvalue weighted by Gasteiger charge is -2.14. The molecule has 6 rings (SSSR count). The fourth-order valence-corrected chi connectivity index (χ4v) is 5.91. The number of carbonyl (C=O) groups excluding carboxylic acids is 1. The van der Waals surface area contributed by atoms with Crippen LogP contribution >= 0.6 is 0 Å². The highest BCUT2D eigenvalue weighted by molar-refractivity contribution is 7.87. The average Bonchev–Trinajstić information content (AvgIpc) is 3.35. The molecule has 3 aromatic carbocycles. The molecule has 3 heterocycles. The predicted molar refractivity (Wildman–Crippen MR) is 174 cm³/mol. The second-order valence-corrected chi connectivity index (χ2v) is 12.2. The monoisotopic (exact) mass is 653 g/mol. The first-order valence-corrected chi connectivity index (χ1v) is 15.9. The van der Waals surface area contributed by atoms with Gasteiger partial charge < -0.3 is 24.5 Å². The summed E-state index contributed by atoms with van der Waals surface area (Å²) < 4.78 is 52.5. The number of para-hydroxylation sites is 1. The number of rotatable bonds is 10. The van der Waals surface area contributed by atoms with E-state index < -0.39 is 27.6 Å². The summed E-state index contributed by atoms with van der Waals surface area (Å²) in [4.78, 5) is 29.4. The van der Waals surface area contributed by atoms with E-state index in [0.29, 0.717) is 39.4 Å². The largest absolute Gasteiger partial charge is 0.421 e. The molecule has 0 aliphatic carbocycles. The van der Waals surface area contributed by atoms with Gasteiger partial charge in [-0.15, -0.1) is 0 Å². The van der Waals surface area contributed by atoms with Gasteiger partial charge in [-0.2, -0.15) is 8.42 Å². The number of benzene rings is 3. The molecule has 238 valence electrons. The Labute approximate surface area is 269 Å². The minimum absolute atomic E-state index is 0.0200. The Hall–Kier alpha value is -5.89.